The Morgan fingerprint density at radius 1 is 1.25 bits per heavy atom. The van der Waals surface area contributed by atoms with Crippen LogP contribution in [-0.4, -0.2) is 11.7 Å². The van der Waals surface area contributed by atoms with Crippen molar-refractivity contribution in [2.24, 2.45) is 0 Å². The Morgan fingerprint density at radius 3 is 2.65 bits per heavy atom. The molecule has 0 saturated heterocycles. The largest absolute Gasteiger partial charge is 0.444 e. The molecule has 0 bridgehead atoms. The Hall–Kier alpha value is -1.51. The van der Waals surface area contributed by atoms with Crippen LogP contribution in [0.4, 0.5) is 4.79 Å². The minimum atomic E-state index is -0.458. The lowest BCUT2D eigenvalue weighted by Gasteiger charge is -2.25. The molecule has 0 radical (unpaired) electrons. The van der Waals surface area contributed by atoms with E-state index in [-0.39, 0.29) is 12.1 Å². The van der Waals surface area contributed by atoms with Crippen molar-refractivity contribution in [3.63, 3.8) is 0 Å². The minimum Gasteiger partial charge on any atom is -0.444 e. The maximum absolute atomic E-state index is 11.9. The number of nitrogens with one attached hydrogen (secondary N) is 1. The van der Waals surface area contributed by atoms with Crippen molar-refractivity contribution >= 4 is 6.09 Å². The van der Waals surface area contributed by atoms with E-state index >= 15 is 0 Å². The SMILES string of the molecule is C[C@@H](NC(=O)OC(C)(C)C)c1cccc2c1CCCC2. The molecule has 3 nitrogen and oxygen atoms in total. The number of benzene rings is 1. The molecule has 1 atom stereocenters. The summed E-state index contributed by atoms with van der Waals surface area (Å²) < 4.78 is 5.32. The maximum atomic E-state index is 11.9. The molecular formula is C17H25NO2. The van der Waals surface area contributed by atoms with Crippen LogP contribution in [-0.2, 0) is 17.6 Å². The summed E-state index contributed by atoms with van der Waals surface area (Å²) >= 11 is 0. The highest BCUT2D eigenvalue weighted by molar-refractivity contribution is 5.68. The topological polar surface area (TPSA) is 38.3 Å². The van der Waals surface area contributed by atoms with Crippen molar-refractivity contribution in [1.82, 2.24) is 5.32 Å². The van der Waals surface area contributed by atoms with Crippen molar-refractivity contribution in [1.29, 1.82) is 0 Å². The van der Waals surface area contributed by atoms with Crippen LogP contribution in [0.15, 0.2) is 18.2 Å². The molecule has 1 aliphatic rings. The third kappa shape index (κ3) is 3.75. The molecule has 1 amide bonds. The fraction of sp³-hybridized carbons (Fsp3) is 0.588. The molecule has 0 fully saturated rings. The first-order valence-electron chi connectivity index (χ1n) is 7.47. The van der Waals surface area contributed by atoms with Crippen LogP contribution in [0, 0.1) is 0 Å². The van der Waals surface area contributed by atoms with Gasteiger partial charge >= 0.3 is 6.09 Å². The highest BCUT2D eigenvalue weighted by Crippen LogP contribution is 2.28. The average molecular weight is 275 g/mol. The van der Waals surface area contributed by atoms with Crippen molar-refractivity contribution in [2.45, 2.75) is 65.0 Å². The standard InChI is InChI=1S/C17H25NO2/c1-12(18-16(19)20-17(2,3)4)14-11-7-9-13-8-5-6-10-15(13)14/h7,9,11-12H,5-6,8,10H2,1-4H3,(H,18,19)/t12-/m1/s1. The number of fused-ring (bicyclic) bond motifs is 1. The van der Waals surface area contributed by atoms with E-state index in [2.05, 4.69) is 23.5 Å². The first-order valence-corrected chi connectivity index (χ1v) is 7.47. The highest BCUT2D eigenvalue weighted by Gasteiger charge is 2.21. The van der Waals surface area contributed by atoms with Crippen LogP contribution in [0.25, 0.3) is 0 Å². The van der Waals surface area contributed by atoms with Crippen LogP contribution < -0.4 is 5.32 Å². The summed E-state index contributed by atoms with van der Waals surface area (Å²) in [5, 5.41) is 2.94. The summed E-state index contributed by atoms with van der Waals surface area (Å²) in [7, 11) is 0. The molecule has 0 aliphatic heterocycles. The minimum absolute atomic E-state index is 0.0158. The van der Waals surface area contributed by atoms with E-state index < -0.39 is 5.60 Å². The Balaban J connectivity index is 2.10. The van der Waals surface area contributed by atoms with Gasteiger partial charge in [0.2, 0.25) is 0 Å². The van der Waals surface area contributed by atoms with Crippen LogP contribution in [0.3, 0.4) is 0 Å². The molecule has 3 heteroatoms. The molecule has 2 rings (SSSR count). The number of amides is 1. The number of carbonyl (C=O) groups is 1. The second-order valence-corrected chi connectivity index (χ2v) is 6.56. The van der Waals surface area contributed by atoms with Gasteiger partial charge in [-0.2, -0.15) is 0 Å². The first-order chi connectivity index (χ1) is 9.37. The quantitative estimate of drug-likeness (QED) is 0.880. The summed E-state index contributed by atoms with van der Waals surface area (Å²) in [6.07, 6.45) is 4.43. The smallest absolute Gasteiger partial charge is 0.408 e. The van der Waals surface area contributed by atoms with Crippen molar-refractivity contribution < 1.29 is 9.53 Å². The fourth-order valence-corrected chi connectivity index (χ4v) is 2.78. The van der Waals surface area contributed by atoms with Gasteiger partial charge in [0.1, 0.15) is 5.60 Å². The zero-order valence-electron chi connectivity index (χ0n) is 13.0. The molecule has 0 heterocycles. The van der Waals surface area contributed by atoms with Gasteiger partial charge in [-0.3, -0.25) is 0 Å². The maximum Gasteiger partial charge on any atom is 0.408 e. The van der Waals surface area contributed by atoms with Crippen molar-refractivity contribution in [2.75, 3.05) is 0 Å². The lowest BCUT2D eigenvalue weighted by molar-refractivity contribution is 0.0507. The average Bonchev–Trinajstić information content (AvgIpc) is 2.35. The molecule has 0 aromatic heterocycles. The number of rotatable bonds is 2. The molecule has 0 unspecified atom stereocenters. The number of ether oxygens (including phenoxy) is 1. The second-order valence-electron chi connectivity index (χ2n) is 6.56. The Morgan fingerprint density at radius 2 is 1.95 bits per heavy atom. The monoisotopic (exact) mass is 275 g/mol. The van der Waals surface area contributed by atoms with E-state index in [1.165, 1.54) is 29.5 Å². The van der Waals surface area contributed by atoms with Gasteiger partial charge in [0, 0.05) is 0 Å². The van der Waals surface area contributed by atoms with Gasteiger partial charge < -0.3 is 10.1 Å². The van der Waals surface area contributed by atoms with E-state index in [0.717, 1.165) is 12.8 Å². The molecule has 0 spiro atoms. The predicted octanol–water partition coefficient (Wildman–Crippen LogP) is 4.15. The van der Waals surface area contributed by atoms with Gasteiger partial charge in [-0.1, -0.05) is 18.2 Å². The third-order valence-corrected chi connectivity index (χ3v) is 3.63. The van der Waals surface area contributed by atoms with E-state index in [1.807, 2.05) is 27.7 Å². The van der Waals surface area contributed by atoms with Crippen LogP contribution in [0.5, 0.6) is 0 Å². The number of aryl methyl sites for hydroxylation is 1. The number of alkyl carbamates (subject to hydrolysis) is 1. The molecule has 1 N–H and O–H groups in total. The predicted molar refractivity (Wildman–Crippen MR) is 80.9 cm³/mol. The number of carbonyl (C=O) groups excluding carboxylic acids is 1. The summed E-state index contributed by atoms with van der Waals surface area (Å²) in [4.78, 5) is 11.9. The Kier molecular flexibility index (Phi) is 4.36. The summed E-state index contributed by atoms with van der Waals surface area (Å²) in [5.74, 6) is 0. The van der Waals surface area contributed by atoms with Gasteiger partial charge in [0.05, 0.1) is 6.04 Å². The van der Waals surface area contributed by atoms with Gasteiger partial charge in [-0.25, -0.2) is 4.79 Å². The Labute approximate surface area is 121 Å². The molecule has 110 valence electrons. The molecule has 1 aromatic carbocycles. The summed E-state index contributed by atoms with van der Waals surface area (Å²) in [6, 6.07) is 6.40. The van der Waals surface area contributed by atoms with E-state index in [4.69, 9.17) is 4.74 Å². The molecular weight excluding hydrogens is 250 g/mol. The molecule has 20 heavy (non-hydrogen) atoms. The van der Waals surface area contributed by atoms with E-state index in [9.17, 15) is 4.79 Å². The Bertz CT molecular complexity index is 488. The number of hydrogen-bond donors (Lipinski definition) is 1. The first kappa shape index (κ1) is 14.9. The molecule has 0 saturated carbocycles. The van der Waals surface area contributed by atoms with Crippen LogP contribution in [0.2, 0.25) is 0 Å². The highest BCUT2D eigenvalue weighted by atomic mass is 16.6. The van der Waals surface area contributed by atoms with Gasteiger partial charge in [-0.05, 0) is 70.1 Å². The molecule has 1 aromatic rings. The second kappa shape index (κ2) is 5.86. The summed E-state index contributed by atoms with van der Waals surface area (Å²) in [5.41, 5.74) is 3.63. The molecule has 1 aliphatic carbocycles. The van der Waals surface area contributed by atoms with E-state index in [1.54, 1.807) is 0 Å². The van der Waals surface area contributed by atoms with E-state index in [0.29, 0.717) is 0 Å². The van der Waals surface area contributed by atoms with Crippen LogP contribution >= 0.6 is 0 Å². The zero-order chi connectivity index (χ0) is 14.8. The third-order valence-electron chi connectivity index (χ3n) is 3.63. The fourth-order valence-electron chi connectivity index (χ4n) is 2.78. The van der Waals surface area contributed by atoms with Gasteiger partial charge in [-0.15, -0.1) is 0 Å². The van der Waals surface area contributed by atoms with Gasteiger partial charge in [0.15, 0.2) is 0 Å². The zero-order valence-corrected chi connectivity index (χ0v) is 13.0. The number of hydrogen-bond acceptors (Lipinski definition) is 2. The summed E-state index contributed by atoms with van der Waals surface area (Å²) in [6.45, 7) is 7.65. The lowest BCUT2D eigenvalue weighted by atomic mass is 9.86. The lowest BCUT2D eigenvalue weighted by Crippen LogP contribution is -2.34. The van der Waals surface area contributed by atoms with Crippen LogP contribution in [0.1, 0.15) is 63.3 Å². The van der Waals surface area contributed by atoms with Crippen molar-refractivity contribution in [3.05, 3.63) is 34.9 Å². The van der Waals surface area contributed by atoms with Crippen molar-refractivity contribution in [3.8, 4) is 0 Å². The normalized spacial score (nSPS) is 16.2. The van der Waals surface area contributed by atoms with Gasteiger partial charge in [0.25, 0.3) is 0 Å².